The number of hydrogen-bond donors (Lipinski definition) is 1. The van der Waals surface area contributed by atoms with Gasteiger partial charge in [0, 0.05) is 19.2 Å². The van der Waals surface area contributed by atoms with E-state index in [1.807, 2.05) is 13.8 Å². The molecule has 3 aromatic rings. The minimum Gasteiger partial charge on any atom is -0.485 e. The summed E-state index contributed by atoms with van der Waals surface area (Å²) in [4.78, 5) is 29.5. The van der Waals surface area contributed by atoms with Gasteiger partial charge in [0.2, 0.25) is 0 Å². The highest BCUT2D eigenvalue weighted by molar-refractivity contribution is 5.95. The van der Waals surface area contributed by atoms with Gasteiger partial charge in [-0.15, -0.1) is 0 Å². The number of benzene rings is 1. The Labute approximate surface area is 203 Å². The molecule has 0 bridgehead atoms. The van der Waals surface area contributed by atoms with Gasteiger partial charge in [-0.05, 0) is 64.3 Å². The van der Waals surface area contributed by atoms with Crippen LogP contribution in [0.2, 0.25) is 0 Å². The highest BCUT2D eigenvalue weighted by Gasteiger charge is 2.22. The molecule has 2 heterocycles. The van der Waals surface area contributed by atoms with E-state index in [4.69, 9.17) is 9.47 Å². The molecule has 0 saturated heterocycles. The second-order valence-corrected chi connectivity index (χ2v) is 9.72. The number of carbonyl (C=O) groups is 2. The fraction of sp³-hybridized carbons (Fsp3) is 0.423. The molecule has 9 heteroatoms. The predicted octanol–water partition coefficient (Wildman–Crippen LogP) is 4.91. The zero-order valence-corrected chi connectivity index (χ0v) is 20.9. The molecule has 0 spiro atoms. The van der Waals surface area contributed by atoms with Crippen LogP contribution in [0.15, 0.2) is 30.5 Å². The number of aromatic nitrogens is 2. The van der Waals surface area contributed by atoms with Crippen molar-refractivity contribution in [3.05, 3.63) is 64.6 Å². The second-order valence-electron chi connectivity index (χ2n) is 9.72. The van der Waals surface area contributed by atoms with Crippen LogP contribution in [0.1, 0.15) is 61.4 Å². The summed E-state index contributed by atoms with van der Waals surface area (Å²) in [6.45, 7) is 10.7. The Kier molecular flexibility index (Phi) is 7.77. The van der Waals surface area contributed by atoms with Crippen molar-refractivity contribution < 1.29 is 27.8 Å². The molecule has 7 nitrogen and oxygen atoms in total. The van der Waals surface area contributed by atoms with Crippen molar-refractivity contribution >= 4 is 17.5 Å². The number of halogens is 2. The van der Waals surface area contributed by atoms with Crippen molar-refractivity contribution in [3.8, 4) is 5.75 Å². The third kappa shape index (κ3) is 6.55. The van der Waals surface area contributed by atoms with Crippen LogP contribution in [0, 0.1) is 31.4 Å². The number of fused-ring (bicyclic) bond motifs is 1. The molecule has 0 aliphatic heterocycles. The first kappa shape index (κ1) is 26.1. The van der Waals surface area contributed by atoms with E-state index in [-0.39, 0.29) is 42.9 Å². The van der Waals surface area contributed by atoms with Gasteiger partial charge in [0.25, 0.3) is 5.91 Å². The van der Waals surface area contributed by atoms with Crippen molar-refractivity contribution in [1.82, 2.24) is 14.7 Å². The van der Waals surface area contributed by atoms with Crippen LogP contribution in [-0.4, -0.2) is 33.4 Å². The van der Waals surface area contributed by atoms with Gasteiger partial charge >= 0.3 is 5.97 Å². The highest BCUT2D eigenvalue weighted by atomic mass is 19.1. The summed E-state index contributed by atoms with van der Waals surface area (Å²) in [6, 6.07) is 5.32. The molecule has 0 fully saturated rings. The number of amides is 1. The number of aryl methyl sites for hydroxylation is 2. The number of hydrogen-bond acceptors (Lipinski definition) is 5. The summed E-state index contributed by atoms with van der Waals surface area (Å²) < 4.78 is 40.7. The van der Waals surface area contributed by atoms with Crippen molar-refractivity contribution in [2.24, 2.45) is 5.92 Å². The molecule has 2 aromatic heterocycles. The van der Waals surface area contributed by atoms with Gasteiger partial charge in [-0.1, -0.05) is 13.0 Å². The van der Waals surface area contributed by atoms with E-state index in [1.54, 1.807) is 44.4 Å². The molecule has 0 aliphatic carbocycles. The lowest BCUT2D eigenvalue weighted by Gasteiger charge is -2.21. The molecular formula is C26H31F2N3O4. The number of esters is 1. The van der Waals surface area contributed by atoms with Crippen LogP contribution in [0.5, 0.6) is 5.75 Å². The van der Waals surface area contributed by atoms with E-state index < -0.39 is 17.2 Å². The number of ether oxygens (including phenoxy) is 2. The summed E-state index contributed by atoms with van der Waals surface area (Å²) in [7, 11) is 0. The van der Waals surface area contributed by atoms with Crippen molar-refractivity contribution in [3.63, 3.8) is 0 Å². The van der Waals surface area contributed by atoms with Gasteiger partial charge in [-0.25, -0.2) is 13.8 Å². The Morgan fingerprint density at radius 2 is 1.83 bits per heavy atom. The Hall–Kier alpha value is -3.49. The van der Waals surface area contributed by atoms with Crippen LogP contribution in [-0.2, 0) is 16.1 Å². The fourth-order valence-electron chi connectivity index (χ4n) is 3.65. The molecule has 1 atom stereocenters. The Bertz CT molecular complexity index is 1230. The molecular weight excluding hydrogens is 456 g/mol. The third-order valence-corrected chi connectivity index (χ3v) is 5.19. The molecule has 3 rings (SSSR count). The van der Waals surface area contributed by atoms with E-state index in [1.165, 1.54) is 18.2 Å². The molecule has 0 saturated carbocycles. The maximum Gasteiger partial charge on any atom is 0.306 e. The van der Waals surface area contributed by atoms with Crippen molar-refractivity contribution in [1.29, 1.82) is 0 Å². The topological polar surface area (TPSA) is 81.9 Å². The van der Waals surface area contributed by atoms with Gasteiger partial charge in [-0.2, -0.15) is 0 Å². The first-order valence-corrected chi connectivity index (χ1v) is 11.4. The lowest BCUT2D eigenvalue weighted by atomic mass is 10.1. The number of rotatable bonds is 8. The van der Waals surface area contributed by atoms with Gasteiger partial charge in [-0.3, -0.25) is 14.0 Å². The summed E-state index contributed by atoms with van der Waals surface area (Å²) in [5, 5.41) is 2.85. The number of nitrogens with zero attached hydrogens (tertiary/aromatic N) is 2. The van der Waals surface area contributed by atoms with Crippen molar-refractivity contribution in [2.75, 3.05) is 6.54 Å². The molecule has 0 aliphatic rings. The van der Waals surface area contributed by atoms with Crippen molar-refractivity contribution in [2.45, 2.75) is 60.2 Å². The Balaban J connectivity index is 1.76. The van der Waals surface area contributed by atoms with E-state index in [9.17, 15) is 18.4 Å². The fourth-order valence-corrected chi connectivity index (χ4v) is 3.65. The van der Waals surface area contributed by atoms with E-state index in [0.29, 0.717) is 22.8 Å². The van der Waals surface area contributed by atoms with Crippen LogP contribution < -0.4 is 10.1 Å². The number of carbonyl (C=O) groups excluding carboxylic acids is 2. The lowest BCUT2D eigenvalue weighted by molar-refractivity contribution is -0.155. The quantitative estimate of drug-likeness (QED) is 0.457. The monoisotopic (exact) mass is 487 g/mol. The van der Waals surface area contributed by atoms with E-state index in [2.05, 4.69) is 10.3 Å². The molecule has 0 radical (unpaired) electrons. The van der Waals surface area contributed by atoms with Gasteiger partial charge in [0.1, 0.15) is 29.5 Å². The van der Waals surface area contributed by atoms with Gasteiger partial charge in [0.15, 0.2) is 11.4 Å². The molecule has 35 heavy (non-hydrogen) atoms. The average molecular weight is 488 g/mol. The number of imidazole rings is 1. The molecule has 1 unspecified atom stereocenters. The third-order valence-electron chi connectivity index (χ3n) is 5.19. The predicted molar refractivity (Wildman–Crippen MR) is 127 cm³/mol. The van der Waals surface area contributed by atoms with Gasteiger partial charge < -0.3 is 14.8 Å². The number of pyridine rings is 1. The Morgan fingerprint density at radius 1 is 1.17 bits per heavy atom. The number of nitrogens with one attached hydrogen (secondary N) is 1. The first-order chi connectivity index (χ1) is 16.4. The maximum atomic E-state index is 14.0. The zero-order chi connectivity index (χ0) is 25.9. The van der Waals surface area contributed by atoms with Crippen LogP contribution in [0.25, 0.3) is 5.65 Å². The highest BCUT2D eigenvalue weighted by Crippen LogP contribution is 2.26. The summed E-state index contributed by atoms with van der Waals surface area (Å²) >= 11 is 0. The lowest BCUT2D eigenvalue weighted by Crippen LogP contribution is -2.32. The van der Waals surface area contributed by atoms with E-state index >= 15 is 0 Å². The minimum atomic E-state index is -0.700. The Morgan fingerprint density at radius 3 is 2.46 bits per heavy atom. The smallest absolute Gasteiger partial charge is 0.306 e. The maximum absolute atomic E-state index is 14.0. The average Bonchev–Trinajstić information content (AvgIpc) is 3.05. The standard InChI is InChI=1S/C26H31F2N3O4/c1-15(11-22(32)35-26(4,5)6)12-29-25(33)23-17(3)30-24-21(10-16(2)13-31(23)24)34-14-18-19(27)8-7-9-20(18)28/h7-10,13,15H,11-12,14H2,1-6H3,(H,29,33). The molecule has 1 amide bonds. The molecule has 188 valence electrons. The van der Waals surface area contributed by atoms with Crippen LogP contribution in [0.3, 0.4) is 0 Å². The second kappa shape index (κ2) is 10.4. The minimum absolute atomic E-state index is 0.135. The molecule has 1 aromatic carbocycles. The summed E-state index contributed by atoms with van der Waals surface area (Å²) in [6.07, 6.45) is 1.91. The zero-order valence-electron chi connectivity index (χ0n) is 20.9. The van der Waals surface area contributed by atoms with E-state index in [0.717, 1.165) is 5.56 Å². The summed E-state index contributed by atoms with van der Waals surface area (Å²) in [5.41, 5.74) is 1.16. The SMILES string of the molecule is Cc1cc(OCc2c(F)cccc2F)c2nc(C)c(C(=O)NCC(C)CC(=O)OC(C)(C)C)n2c1. The van der Waals surface area contributed by atoms with Crippen LogP contribution in [0.4, 0.5) is 8.78 Å². The normalized spacial score (nSPS) is 12.5. The summed E-state index contributed by atoms with van der Waals surface area (Å²) in [5.74, 6) is -1.92. The van der Waals surface area contributed by atoms with Gasteiger partial charge in [0.05, 0.1) is 11.3 Å². The largest absolute Gasteiger partial charge is 0.485 e. The van der Waals surface area contributed by atoms with Crippen LogP contribution >= 0.6 is 0 Å². The first-order valence-electron chi connectivity index (χ1n) is 11.4. The molecule has 1 N–H and O–H groups in total.